The summed E-state index contributed by atoms with van der Waals surface area (Å²) in [5.74, 6) is 0. The molecule has 2 heteroatoms. The van der Waals surface area contributed by atoms with Crippen LogP contribution in [-0.4, -0.2) is 7.85 Å². The van der Waals surface area contributed by atoms with Gasteiger partial charge < -0.3 is 0 Å². The van der Waals surface area contributed by atoms with Crippen molar-refractivity contribution < 1.29 is 0 Å². The molecule has 4 aromatic carbocycles. The van der Waals surface area contributed by atoms with Crippen molar-refractivity contribution in [1.82, 2.24) is 0 Å². The first-order valence-corrected chi connectivity index (χ1v) is 10.2. The van der Waals surface area contributed by atoms with Crippen LogP contribution in [-0.2, 0) is 5.41 Å². The predicted octanol–water partition coefficient (Wildman–Crippen LogP) is 6.24. The molecule has 0 aromatic heterocycles. The van der Waals surface area contributed by atoms with E-state index in [-0.39, 0.29) is 5.41 Å². The minimum absolute atomic E-state index is 0.228. The molecule has 0 nitrogen and oxygen atoms in total. The fourth-order valence-corrected chi connectivity index (χ4v) is 5.30. The maximum atomic E-state index is 6.13. The molecule has 28 heavy (non-hydrogen) atoms. The van der Waals surface area contributed by atoms with Crippen molar-refractivity contribution in [3.8, 4) is 22.3 Å². The molecular formula is C26H18BBr. The van der Waals surface area contributed by atoms with E-state index in [1.807, 2.05) is 6.07 Å². The maximum Gasteiger partial charge on any atom is 0.113 e. The molecule has 0 N–H and O–H groups in total. The monoisotopic (exact) mass is 420 g/mol. The SMILES string of the molecule is [B]c1ccc2c(c1)-c1cccc(Br)c1C2(C)c1ccc(-c2ccccc2)cc1. The van der Waals surface area contributed by atoms with Gasteiger partial charge in [0.15, 0.2) is 0 Å². The lowest BCUT2D eigenvalue weighted by Gasteiger charge is -2.29. The van der Waals surface area contributed by atoms with Gasteiger partial charge in [-0.15, -0.1) is 0 Å². The zero-order valence-corrected chi connectivity index (χ0v) is 17.2. The van der Waals surface area contributed by atoms with Gasteiger partial charge in [-0.25, -0.2) is 0 Å². The molecule has 132 valence electrons. The van der Waals surface area contributed by atoms with Crippen LogP contribution in [0.25, 0.3) is 22.3 Å². The highest BCUT2D eigenvalue weighted by atomic mass is 79.9. The zero-order chi connectivity index (χ0) is 19.3. The topological polar surface area (TPSA) is 0 Å². The average molecular weight is 421 g/mol. The second-order valence-electron chi connectivity index (χ2n) is 7.54. The zero-order valence-electron chi connectivity index (χ0n) is 15.6. The fourth-order valence-electron chi connectivity index (χ4n) is 4.54. The van der Waals surface area contributed by atoms with Gasteiger partial charge in [0.2, 0.25) is 0 Å². The molecule has 1 aliphatic carbocycles. The van der Waals surface area contributed by atoms with E-state index in [1.54, 1.807) is 0 Å². The minimum atomic E-state index is -0.228. The molecular weight excluding hydrogens is 403 g/mol. The molecule has 0 saturated heterocycles. The largest absolute Gasteiger partial charge is 0.113 e. The van der Waals surface area contributed by atoms with Crippen molar-refractivity contribution in [1.29, 1.82) is 0 Å². The Labute approximate surface area is 175 Å². The van der Waals surface area contributed by atoms with Gasteiger partial charge in [0, 0.05) is 9.89 Å². The van der Waals surface area contributed by atoms with Gasteiger partial charge in [0.05, 0.1) is 0 Å². The predicted molar refractivity (Wildman–Crippen MR) is 122 cm³/mol. The summed E-state index contributed by atoms with van der Waals surface area (Å²) in [5.41, 5.74) is 9.41. The molecule has 5 rings (SSSR count). The first-order valence-electron chi connectivity index (χ1n) is 9.44. The highest BCUT2D eigenvalue weighted by molar-refractivity contribution is 9.10. The highest BCUT2D eigenvalue weighted by Gasteiger charge is 2.42. The first-order chi connectivity index (χ1) is 13.6. The Hall–Kier alpha value is -2.58. The summed E-state index contributed by atoms with van der Waals surface area (Å²) < 4.78 is 1.13. The van der Waals surface area contributed by atoms with Gasteiger partial charge in [-0.1, -0.05) is 106 Å². The Morgan fingerprint density at radius 1 is 0.714 bits per heavy atom. The van der Waals surface area contributed by atoms with E-state index < -0.39 is 0 Å². The summed E-state index contributed by atoms with van der Waals surface area (Å²) in [6.45, 7) is 2.32. The molecule has 0 saturated carbocycles. The number of halogens is 1. The Morgan fingerprint density at radius 3 is 2.18 bits per heavy atom. The van der Waals surface area contributed by atoms with E-state index in [1.165, 1.54) is 38.9 Å². The number of hydrogen-bond acceptors (Lipinski definition) is 0. The minimum Gasteiger partial charge on any atom is -0.0960 e. The number of fused-ring (bicyclic) bond motifs is 3. The van der Waals surface area contributed by atoms with Crippen LogP contribution in [0.5, 0.6) is 0 Å². The van der Waals surface area contributed by atoms with Gasteiger partial charge >= 0.3 is 0 Å². The van der Waals surface area contributed by atoms with Gasteiger partial charge in [-0.05, 0) is 51.9 Å². The average Bonchev–Trinajstić information content (AvgIpc) is 2.99. The van der Waals surface area contributed by atoms with Crippen LogP contribution < -0.4 is 5.46 Å². The Bertz CT molecular complexity index is 1180. The van der Waals surface area contributed by atoms with E-state index in [0.29, 0.717) is 0 Å². The molecule has 1 aliphatic rings. The molecule has 4 aromatic rings. The summed E-state index contributed by atoms with van der Waals surface area (Å²) in [6, 6.07) is 32.2. The van der Waals surface area contributed by atoms with Crippen LogP contribution in [0.4, 0.5) is 0 Å². The van der Waals surface area contributed by atoms with Crippen LogP contribution in [0.15, 0.2) is 95.5 Å². The first kappa shape index (κ1) is 17.5. The third-order valence-electron chi connectivity index (χ3n) is 5.96. The summed E-state index contributed by atoms with van der Waals surface area (Å²) in [7, 11) is 6.13. The summed E-state index contributed by atoms with van der Waals surface area (Å²) >= 11 is 3.82. The summed E-state index contributed by atoms with van der Waals surface area (Å²) in [5, 5.41) is 0. The van der Waals surface area contributed by atoms with Gasteiger partial charge in [-0.3, -0.25) is 0 Å². The van der Waals surface area contributed by atoms with Crippen LogP contribution in [0.2, 0.25) is 0 Å². The highest BCUT2D eigenvalue weighted by Crippen LogP contribution is 2.54. The fraction of sp³-hybridized carbons (Fsp3) is 0.0769. The lowest BCUT2D eigenvalue weighted by Crippen LogP contribution is -2.23. The van der Waals surface area contributed by atoms with Gasteiger partial charge in [0.25, 0.3) is 0 Å². The van der Waals surface area contributed by atoms with Crippen LogP contribution in [0, 0.1) is 0 Å². The summed E-state index contributed by atoms with van der Waals surface area (Å²) in [6.07, 6.45) is 0. The van der Waals surface area contributed by atoms with Crippen LogP contribution in [0.3, 0.4) is 0 Å². The molecule has 1 unspecified atom stereocenters. The third-order valence-corrected chi connectivity index (χ3v) is 6.62. The molecule has 0 bridgehead atoms. The third kappa shape index (κ3) is 2.52. The second kappa shape index (κ2) is 6.50. The van der Waals surface area contributed by atoms with E-state index in [2.05, 4.69) is 108 Å². The van der Waals surface area contributed by atoms with Crippen molar-refractivity contribution in [2.24, 2.45) is 0 Å². The van der Waals surface area contributed by atoms with Gasteiger partial charge in [-0.2, -0.15) is 0 Å². The van der Waals surface area contributed by atoms with Crippen LogP contribution >= 0.6 is 15.9 Å². The lowest BCUT2D eigenvalue weighted by molar-refractivity contribution is 0.710. The lowest BCUT2D eigenvalue weighted by atomic mass is 9.73. The van der Waals surface area contributed by atoms with Crippen molar-refractivity contribution in [2.75, 3.05) is 0 Å². The van der Waals surface area contributed by atoms with E-state index in [9.17, 15) is 0 Å². The Kier molecular flexibility index (Phi) is 4.06. The quantitative estimate of drug-likeness (QED) is 0.336. The normalized spacial score (nSPS) is 17.2. The van der Waals surface area contributed by atoms with Gasteiger partial charge in [0.1, 0.15) is 7.85 Å². The van der Waals surface area contributed by atoms with E-state index >= 15 is 0 Å². The molecule has 0 amide bonds. The number of hydrogen-bond donors (Lipinski definition) is 0. The molecule has 2 radical (unpaired) electrons. The molecule has 0 aliphatic heterocycles. The van der Waals surface area contributed by atoms with Crippen molar-refractivity contribution in [2.45, 2.75) is 12.3 Å². The van der Waals surface area contributed by atoms with E-state index in [4.69, 9.17) is 7.85 Å². The molecule has 0 spiro atoms. The van der Waals surface area contributed by atoms with Crippen molar-refractivity contribution in [3.63, 3.8) is 0 Å². The summed E-state index contributed by atoms with van der Waals surface area (Å²) in [4.78, 5) is 0. The second-order valence-corrected chi connectivity index (χ2v) is 8.39. The standard InChI is InChI=1S/C26H18BBr/c1-26(19-12-10-18(11-13-19)17-6-3-2-4-7-17)23-15-14-20(27)16-22(23)21-8-5-9-24(28)25(21)26/h2-16H,1H3. The maximum absolute atomic E-state index is 6.13. The van der Waals surface area contributed by atoms with Crippen molar-refractivity contribution in [3.05, 3.63) is 112 Å². The van der Waals surface area contributed by atoms with Crippen molar-refractivity contribution >= 4 is 29.2 Å². The Balaban J connectivity index is 1.72. The van der Waals surface area contributed by atoms with E-state index in [0.717, 1.165) is 9.94 Å². The van der Waals surface area contributed by atoms with Crippen LogP contribution in [0.1, 0.15) is 23.6 Å². The molecule has 1 atom stereocenters. The Morgan fingerprint density at radius 2 is 1.43 bits per heavy atom. The number of benzene rings is 4. The molecule has 0 fully saturated rings. The molecule has 0 heterocycles. The smallest absolute Gasteiger partial charge is 0.0960 e. The number of rotatable bonds is 2.